The zero-order chi connectivity index (χ0) is 18.8. The van der Waals surface area contributed by atoms with Gasteiger partial charge in [0.25, 0.3) is 0 Å². The first-order chi connectivity index (χ1) is 13.1. The number of aryl methyl sites for hydroxylation is 1. The number of fused-ring (bicyclic) bond motifs is 1. The quantitative estimate of drug-likeness (QED) is 0.892. The van der Waals surface area contributed by atoms with Gasteiger partial charge in [-0.1, -0.05) is 37.5 Å². The average molecular weight is 367 g/mol. The third-order valence-electron chi connectivity index (χ3n) is 6.30. The van der Waals surface area contributed by atoms with Gasteiger partial charge in [0.1, 0.15) is 0 Å². The molecular formula is C22H30N4O. The van der Waals surface area contributed by atoms with E-state index in [2.05, 4.69) is 15.3 Å². The first kappa shape index (κ1) is 18.2. The van der Waals surface area contributed by atoms with Gasteiger partial charge in [-0.05, 0) is 57.2 Å². The van der Waals surface area contributed by atoms with Gasteiger partial charge in [0.05, 0.1) is 29.3 Å². The largest absolute Gasteiger partial charge is 0.322 e. The third-order valence-corrected chi connectivity index (χ3v) is 6.30. The number of carbonyl (C=O) groups is 1. The van der Waals surface area contributed by atoms with Crippen LogP contribution >= 0.6 is 0 Å². The third kappa shape index (κ3) is 3.93. The SMILES string of the molecule is Cc1nn(-c2ccccc2)c(C)c1NC(=O)CN1CC[C@@H]2CCCC[C@@H]2C1. The molecule has 5 nitrogen and oxygen atoms in total. The molecule has 144 valence electrons. The number of aromatic nitrogens is 2. The average Bonchev–Trinajstić information content (AvgIpc) is 2.97. The van der Waals surface area contributed by atoms with Crippen LogP contribution in [-0.2, 0) is 4.79 Å². The van der Waals surface area contributed by atoms with Gasteiger partial charge in [-0.2, -0.15) is 5.10 Å². The molecule has 1 aromatic carbocycles. The van der Waals surface area contributed by atoms with Crippen molar-refractivity contribution in [1.29, 1.82) is 0 Å². The lowest BCUT2D eigenvalue weighted by atomic mass is 9.75. The highest BCUT2D eigenvalue weighted by Crippen LogP contribution is 2.36. The van der Waals surface area contributed by atoms with Gasteiger partial charge in [0.15, 0.2) is 0 Å². The zero-order valence-electron chi connectivity index (χ0n) is 16.4. The highest BCUT2D eigenvalue weighted by atomic mass is 16.2. The number of likely N-dealkylation sites (tertiary alicyclic amines) is 1. The molecule has 5 heteroatoms. The normalized spacial score (nSPS) is 23.0. The molecule has 2 aromatic rings. The number of para-hydroxylation sites is 1. The lowest BCUT2D eigenvalue weighted by Crippen LogP contribution is -2.44. The summed E-state index contributed by atoms with van der Waals surface area (Å²) in [5.41, 5.74) is 3.68. The molecule has 1 aromatic heterocycles. The Hall–Kier alpha value is -2.14. The molecule has 2 heterocycles. The Balaban J connectivity index is 1.41. The molecular weight excluding hydrogens is 336 g/mol. The van der Waals surface area contributed by atoms with Crippen LogP contribution in [0.4, 0.5) is 5.69 Å². The summed E-state index contributed by atoms with van der Waals surface area (Å²) in [5.74, 6) is 1.76. The molecule has 1 N–H and O–H groups in total. The van der Waals surface area contributed by atoms with Gasteiger partial charge in [-0.25, -0.2) is 4.68 Å². The summed E-state index contributed by atoms with van der Waals surface area (Å²) in [7, 11) is 0. The van der Waals surface area contributed by atoms with Gasteiger partial charge in [0.2, 0.25) is 5.91 Å². The smallest absolute Gasteiger partial charge is 0.238 e. The summed E-state index contributed by atoms with van der Waals surface area (Å²) in [6.45, 7) is 6.58. The number of benzene rings is 1. The highest BCUT2D eigenvalue weighted by Gasteiger charge is 2.31. The van der Waals surface area contributed by atoms with Crippen molar-refractivity contribution in [3.8, 4) is 5.69 Å². The van der Waals surface area contributed by atoms with E-state index in [1.165, 1.54) is 32.1 Å². The van der Waals surface area contributed by atoms with Crippen LogP contribution in [0.2, 0.25) is 0 Å². The van der Waals surface area contributed by atoms with Crippen LogP contribution in [0, 0.1) is 25.7 Å². The Kier molecular flexibility index (Phi) is 5.30. The number of hydrogen-bond acceptors (Lipinski definition) is 3. The minimum absolute atomic E-state index is 0.0723. The highest BCUT2D eigenvalue weighted by molar-refractivity contribution is 5.93. The fraction of sp³-hybridized carbons (Fsp3) is 0.545. The number of hydrogen-bond donors (Lipinski definition) is 1. The van der Waals surface area contributed by atoms with Crippen LogP contribution in [0.5, 0.6) is 0 Å². The number of nitrogens with one attached hydrogen (secondary N) is 1. The molecule has 2 atom stereocenters. The van der Waals surface area contributed by atoms with Crippen LogP contribution in [0.3, 0.4) is 0 Å². The minimum atomic E-state index is 0.0723. The summed E-state index contributed by atoms with van der Waals surface area (Å²) in [6.07, 6.45) is 6.73. The van der Waals surface area contributed by atoms with E-state index in [9.17, 15) is 4.79 Å². The minimum Gasteiger partial charge on any atom is -0.322 e. The van der Waals surface area contributed by atoms with Crippen molar-refractivity contribution in [1.82, 2.24) is 14.7 Å². The van der Waals surface area contributed by atoms with Gasteiger partial charge in [0, 0.05) is 6.54 Å². The summed E-state index contributed by atoms with van der Waals surface area (Å²) in [4.78, 5) is 15.0. The Morgan fingerprint density at radius 2 is 1.85 bits per heavy atom. The molecule has 27 heavy (non-hydrogen) atoms. The van der Waals surface area contributed by atoms with Crippen molar-refractivity contribution < 1.29 is 4.79 Å². The predicted octanol–water partition coefficient (Wildman–Crippen LogP) is 3.94. The molecule has 1 aliphatic heterocycles. The summed E-state index contributed by atoms with van der Waals surface area (Å²) in [6, 6.07) is 10.0. The van der Waals surface area contributed by atoms with Crippen molar-refractivity contribution in [3.63, 3.8) is 0 Å². The monoisotopic (exact) mass is 366 g/mol. The number of carbonyl (C=O) groups excluding carboxylic acids is 1. The lowest BCUT2D eigenvalue weighted by molar-refractivity contribution is -0.118. The Morgan fingerprint density at radius 1 is 1.11 bits per heavy atom. The number of piperidine rings is 1. The van der Waals surface area contributed by atoms with Crippen LogP contribution in [0.1, 0.15) is 43.5 Å². The maximum absolute atomic E-state index is 12.7. The Morgan fingerprint density at radius 3 is 2.63 bits per heavy atom. The van der Waals surface area contributed by atoms with E-state index in [0.29, 0.717) is 6.54 Å². The van der Waals surface area contributed by atoms with E-state index in [0.717, 1.165) is 47.7 Å². The predicted molar refractivity (Wildman–Crippen MR) is 108 cm³/mol. The van der Waals surface area contributed by atoms with Gasteiger partial charge in [-0.15, -0.1) is 0 Å². The first-order valence-electron chi connectivity index (χ1n) is 10.3. The van der Waals surface area contributed by atoms with E-state index in [1.54, 1.807) is 0 Å². The fourth-order valence-electron chi connectivity index (χ4n) is 4.85. The second kappa shape index (κ2) is 7.85. The number of amides is 1. The molecule has 0 radical (unpaired) electrons. The Labute approximate surface area is 161 Å². The number of nitrogens with zero attached hydrogens (tertiary/aromatic N) is 3. The second-order valence-electron chi connectivity index (χ2n) is 8.17. The van der Waals surface area contributed by atoms with Crippen LogP contribution in [0.25, 0.3) is 5.69 Å². The molecule has 1 saturated heterocycles. The maximum Gasteiger partial charge on any atom is 0.238 e. The first-order valence-corrected chi connectivity index (χ1v) is 10.3. The summed E-state index contributed by atoms with van der Waals surface area (Å²) >= 11 is 0. The van der Waals surface area contributed by atoms with Crippen LogP contribution in [-0.4, -0.2) is 40.2 Å². The lowest BCUT2D eigenvalue weighted by Gasteiger charge is -2.41. The van der Waals surface area contributed by atoms with Crippen molar-refractivity contribution in [2.24, 2.45) is 11.8 Å². The van der Waals surface area contributed by atoms with Gasteiger partial charge in [-0.3, -0.25) is 9.69 Å². The topological polar surface area (TPSA) is 50.2 Å². The van der Waals surface area contributed by atoms with Crippen LogP contribution < -0.4 is 5.32 Å². The van der Waals surface area contributed by atoms with E-state index >= 15 is 0 Å². The van der Waals surface area contributed by atoms with E-state index in [1.807, 2.05) is 48.9 Å². The maximum atomic E-state index is 12.7. The van der Waals surface area contributed by atoms with Gasteiger partial charge < -0.3 is 5.32 Å². The van der Waals surface area contributed by atoms with Crippen LogP contribution in [0.15, 0.2) is 30.3 Å². The number of anilines is 1. The fourth-order valence-corrected chi connectivity index (χ4v) is 4.85. The van der Waals surface area contributed by atoms with Crippen molar-refractivity contribution >= 4 is 11.6 Å². The van der Waals surface area contributed by atoms with Crippen molar-refractivity contribution in [3.05, 3.63) is 41.7 Å². The standard InChI is InChI=1S/C22H30N4O/c1-16-22(17(2)26(24-16)20-10-4-3-5-11-20)23-21(27)15-25-13-12-18-8-6-7-9-19(18)14-25/h3-5,10-11,18-19H,6-9,12-15H2,1-2H3,(H,23,27)/t18-,19+/m0/s1. The molecule has 4 rings (SSSR count). The molecule has 2 aliphatic rings. The Bertz CT molecular complexity index is 798. The molecule has 0 unspecified atom stereocenters. The van der Waals surface area contributed by atoms with E-state index in [4.69, 9.17) is 0 Å². The molecule has 1 amide bonds. The van der Waals surface area contributed by atoms with Crippen molar-refractivity contribution in [2.45, 2.75) is 46.0 Å². The molecule has 1 aliphatic carbocycles. The molecule has 1 saturated carbocycles. The molecule has 0 bridgehead atoms. The van der Waals surface area contributed by atoms with E-state index < -0.39 is 0 Å². The summed E-state index contributed by atoms with van der Waals surface area (Å²) < 4.78 is 1.90. The zero-order valence-corrected chi connectivity index (χ0v) is 16.4. The molecule has 0 spiro atoms. The number of rotatable bonds is 4. The molecule has 2 fully saturated rings. The second-order valence-corrected chi connectivity index (χ2v) is 8.17. The van der Waals surface area contributed by atoms with Crippen molar-refractivity contribution in [2.75, 3.05) is 25.0 Å². The van der Waals surface area contributed by atoms with Gasteiger partial charge >= 0.3 is 0 Å². The van der Waals surface area contributed by atoms with E-state index in [-0.39, 0.29) is 5.91 Å². The summed E-state index contributed by atoms with van der Waals surface area (Å²) in [5, 5.41) is 7.75.